The number of rotatable bonds is 9. The highest BCUT2D eigenvalue weighted by molar-refractivity contribution is 7.96. The summed E-state index contributed by atoms with van der Waals surface area (Å²) < 4.78 is 55.3. The van der Waals surface area contributed by atoms with Crippen LogP contribution in [0.25, 0.3) is 28.4 Å². The molecule has 0 amide bonds. The predicted molar refractivity (Wildman–Crippen MR) is 212 cm³/mol. The Kier molecular flexibility index (Phi) is 9.83. The standard InChI is InChI=1S/C37H41N11O5S2/c1-24-19-51-13-11-46(24)34-16-32(40-36(42-34)28-7-6-10-38-18-28)44-54(4,49)23-27-8-9-31-30(15-27)39-26(3)48(31)37-41-33(45-55(5,50)29-21-53-22-29)17-35(43-37)47-12-14-52-20-25(47)2/h6-10,15-18,21,25H,1,11-14,19-20,22-23H2,2-5H3/t25-,54?,55-/m1/s1. The number of benzene rings is 1. The van der Waals surface area contributed by atoms with Crippen molar-refractivity contribution in [1.82, 2.24) is 34.5 Å². The molecule has 2 saturated heterocycles. The molecule has 55 heavy (non-hydrogen) atoms. The Balaban J connectivity index is 1.15. The fourth-order valence-electron chi connectivity index (χ4n) is 6.58. The van der Waals surface area contributed by atoms with Gasteiger partial charge in [0, 0.05) is 61.4 Å². The van der Waals surface area contributed by atoms with Crippen molar-refractivity contribution in [2.24, 2.45) is 8.73 Å². The molecule has 1 unspecified atom stereocenters. The van der Waals surface area contributed by atoms with Crippen molar-refractivity contribution >= 4 is 53.8 Å². The minimum atomic E-state index is -2.85. The van der Waals surface area contributed by atoms with Gasteiger partial charge in [-0.25, -0.2) is 23.4 Å². The summed E-state index contributed by atoms with van der Waals surface area (Å²) in [6.45, 7) is 11.6. The Morgan fingerprint density at radius 3 is 2.47 bits per heavy atom. The average Bonchev–Trinajstić information content (AvgIpc) is 3.45. The quantitative estimate of drug-likeness (QED) is 0.194. The van der Waals surface area contributed by atoms with Crippen LogP contribution in [-0.4, -0.2) is 108 Å². The molecule has 8 rings (SSSR count). The van der Waals surface area contributed by atoms with Gasteiger partial charge >= 0.3 is 0 Å². The van der Waals surface area contributed by atoms with Gasteiger partial charge in [-0.3, -0.25) is 9.55 Å². The van der Waals surface area contributed by atoms with E-state index >= 15 is 0 Å². The fraction of sp³-hybridized carbons (Fsp3) is 0.351. The Morgan fingerprint density at radius 1 is 0.927 bits per heavy atom. The average molecular weight is 784 g/mol. The smallest absolute Gasteiger partial charge is 0.239 e. The minimum absolute atomic E-state index is 0.0604. The largest absolute Gasteiger partial charge is 0.495 e. The van der Waals surface area contributed by atoms with E-state index in [1.54, 1.807) is 37.0 Å². The number of morpholine rings is 2. The number of aromatic nitrogens is 7. The zero-order valence-corrected chi connectivity index (χ0v) is 32.6. The second kappa shape index (κ2) is 14.7. The Bertz CT molecular complexity index is 2590. The number of imidazole rings is 1. The second-order valence-electron chi connectivity index (χ2n) is 13.7. The molecule has 1 aromatic carbocycles. The Morgan fingerprint density at radius 2 is 1.73 bits per heavy atom. The van der Waals surface area contributed by atoms with Crippen molar-refractivity contribution in [2.45, 2.75) is 25.6 Å². The van der Waals surface area contributed by atoms with Crippen LogP contribution in [0.5, 0.6) is 0 Å². The Hall–Kier alpha value is -5.30. The monoisotopic (exact) mass is 783 g/mol. The first-order valence-electron chi connectivity index (χ1n) is 17.7. The number of aryl methyl sites for hydroxylation is 1. The lowest BCUT2D eigenvalue weighted by atomic mass is 10.2. The van der Waals surface area contributed by atoms with Gasteiger partial charge in [-0.15, -0.1) is 0 Å². The summed E-state index contributed by atoms with van der Waals surface area (Å²) in [5.41, 5.74) is 3.67. The van der Waals surface area contributed by atoms with Gasteiger partial charge in [0.1, 0.15) is 24.1 Å². The predicted octanol–water partition coefficient (Wildman–Crippen LogP) is 5.08. The van der Waals surface area contributed by atoms with Crippen LogP contribution in [0, 0.1) is 6.92 Å². The lowest BCUT2D eigenvalue weighted by molar-refractivity contribution is 0.0985. The van der Waals surface area contributed by atoms with Gasteiger partial charge in [0.25, 0.3) is 0 Å². The van der Waals surface area contributed by atoms with E-state index in [-0.39, 0.29) is 18.4 Å². The molecule has 0 N–H and O–H groups in total. The van der Waals surface area contributed by atoms with Crippen LogP contribution in [0.4, 0.5) is 23.3 Å². The van der Waals surface area contributed by atoms with Gasteiger partial charge in [-0.1, -0.05) is 12.6 Å². The zero-order chi connectivity index (χ0) is 38.3. The van der Waals surface area contributed by atoms with Gasteiger partial charge < -0.3 is 24.0 Å². The van der Waals surface area contributed by atoms with Crippen molar-refractivity contribution in [3.8, 4) is 17.3 Å². The molecule has 4 aromatic heterocycles. The third-order valence-electron chi connectivity index (χ3n) is 9.36. The molecule has 3 aliphatic heterocycles. The molecule has 0 aliphatic carbocycles. The summed E-state index contributed by atoms with van der Waals surface area (Å²) >= 11 is 0. The molecule has 286 valence electrons. The normalized spacial score (nSPS) is 19.5. The van der Waals surface area contributed by atoms with Crippen molar-refractivity contribution in [3.05, 3.63) is 89.7 Å². The topological polar surface area (TPSA) is 175 Å². The number of hydrogen-bond donors (Lipinski definition) is 0. The molecular weight excluding hydrogens is 743 g/mol. The molecular formula is C37H41N11O5S2. The van der Waals surface area contributed by atoms with E-state index in [1.165, 1.54) is 6.26 Å². The fourth-order valence-corrected chi connectivity index (χ4v) is 9.03. The highest BCUT2D eigenvalue weighted by Crippen LogP contribution is 2.31. The first-order chi connectivity index (χ1) is 26.4. The molecule has 7 heterocycles. The molecule has 2 fully saturated rings. The van der Waals surface area contributed by atoms with Crippen LogP contribution in [0.1, 0.15) is 18.3 Å². The number of pyridine rings is 1. The summed E-state index contributed by atoms with van der Waals surface area (Å²) in [5.74, 6) is 3.38. The van der Waals surface area contributed by atoms with Crippen LogP contribution >= 0.6 is 0 Å². The van der Waals surface area contributed by atoms with Crippen molar-refractivity contribution in [1.29, 1.82) is 0 Å². The first kappa shape index (κ1) is 36.7. The maximum atomic E-state index is 14.2. The summed E-state index contributed by atoms with van der Waals surface area (Å²) in [6.07, 6.45) is 8.05. The highest BCUT2D eigenvalue weighted by Gasteiger charge is 2.25. The van der Waals surface area contributed by atoms with Crippen LogP contribution in [-0.2, 0) is 39.4 Å². The third kappa shape index (κ3) is 7.80. The molecule has 3 atom stereocenters. The SMILES string of the molecule is C=C1COCCN1c1cc(N=S(C)(=O)Cc2ccc3c(c2)nc(C)n3-c2nc(N=[S@](C)(=O)C3=COC3)cc(N3CCOC[C@H]3C)n2)nc(-c2cccnc2)n1. The van der Waals surface area contributed by atoms with E-state index in [0.717, 1.165) is 16.8 Å². The highest BCUT2D eigenvalue weighted by atomic mass is 32.2. The van der Waals surface area contributed by atoms with Gasteiger partial charge in [0.05, 0.1) is 79.9 Å². The van der Waals surface area contributed by atoms with E-state index in [9.17, 15) is 8.42 Å². The molecule has 18 heteroatoms. The van der Waals surface area contributed by atoms with E-state index in [1.807, 2.05) is 46.7 Å². The molecule has 0 bridgehead atoms. The first-order valence-corrected chi connectivity index (χ1v) is 21.7. The molecule has 3 aliphatic rings. The van der Waals surface area contributed by atoms with Crippen molar-refractivity contribution in [2.75, 3.05) is 68.4 Å². The number of fused-ring (bicyclic) bond motifs is 1. The van der Waals surface area contributed by atoms with Gasteiger partial charge in [-0.05, 0) is 43.7 Å². The lowest BCUT2D eigenvalue weighted by Crippen LogP contribution is -2.44. The summed E-state index contributed by atoms with van der Waals surface area (Å²) in [6, 6.07) is 13.0. The maximum Gasteiger partial charge on any atom is 0.239 e. The molecule has 16 nitrogen and oxygen atoms in total. The van der Waals surface area contributed by atoms with Gasteiger partial charge in [0.2, 0.25) is 5.95 Å². The summed E-state index contributed by atoms with van der Waals surface area (Å²) in [7, 11) is -5.60. The van der Waals surface area contributed by atoms with Crippen LogP contribution in [0.3, 0.4) is 0 Å². The van der Waals surface area contributed by atoms with Crippen LogP contribution in [0.15, 0.2) is 87.0 Å². The molecule has 0 radical (unpaired) electrons. The second-order valence-corrected chi connectivity index (χ2v) is 18.4. The number of hydrogen-bond acceptors (Lipinski definition) is 15. The number of nitrogens with zero attached hydrogens (tertiary/aromatic N) is 11. The van der Waals surface area contributed by atoms with E-state index in [0.29, 0.717) is 96.4 Å². The lowest BCUT2D eigenvalue weighted by Gasteiger charge is -2.34. The van der Waals surface area contributed by atoms with E-state index in [4.69, 9.17) is 34.1 Å². The maximum absolute atomic E-state index is 14.2. The molecule has 5 aromatic rings. The zero-order valence-electron chi connectivity index (χ0n) is 31.0. The number of ether oxygens (including phenoxy) is 3. The van der Waals surface area contributed by atoms with E-state index < -0.39 is 19.5 Å². The van der Waals surface area contributed by atoms with Crippen LogP contribution in [0.2, 0.25) is 0 Å². The Labute approximate surface area is 319 Å². The number of anilines is 2. The van der Waals surface area contributed by atoms with E-state index in [2.05, 4.69) is 37.1 Å². The minimum Gasteiger partial charge on any atom is -0.495 e. The summed E-state index contributed by atoms with van der Waals surface area (Å²) in [4.78, 5) is 33.0. The third-order valence-corrected chi connectivity index (χ3v) is 12.5. The van der Waals surface area contributed by atoms with Gasteiger partial charge in [0.15, 0.2) is 17.5 Å². The molecule has 0 saturated carbocycles. The van der Waals surface area contributed by atoms with Crippen molar-refractivity contribution in [3.63, 3.8) is 0 Å². The van der Waals surface area contributed by atoms with Crippen LogP contribution < -0.4 is 9.80 Å². The van der Waals surface area contributed by atoms with Crippen molar-refractivity contribution < 1.29 is 22.6 Å². The van der Waals surface area contributed by atoms with Gasteiger partial charge in [-0.2, -0.15) is 18.7 Å². The summed E-state index contributed by atoms with van der Waals surface area (Å²) in [5, 5.41) is 0. The molecule has 0 spiro atoms.